The Bertz CT molecular complexity index is 411. The molecular formula is C13H17NO. The van der Waals surface area contributed by atoms with E-state index < -0.39 is 0 Å². The highest BCUT2D eigenvalue weighted by Crippen LogP contribution is 2.59. The molecule has 0 aromatic heterocycles. The largest absolute Gasteiger partial charge is 0.493 e. The van der Waals surface area contributed by atoms with Crippen molar-refractivity contribution in [2.45, 2.75) is 32.2 Å². The van der Waals surface area contributed by atoms with Crippen LogP contribution in [0, 0.1) is 5.41 Å². The molecule has 0 spiro atoms. The van der Waals surface area contributed by atoms with Crippen LogP contribution in [0.15, 0.2) is 18.2 Å². The van der Waals surface area contributed by atoms with Crippen molar-refractivity contribution < 1.29 is 4.74 Å². The molecule has 0 unspecified atom stereocenters. The number of benzene rings is 1. The average Bonchev–Trinajstić information content (AvgIpc) is 2.63. The predicted molar refractivity (Wildman–Crippen MR) is 60.1 cm³/mol. The van der Waals surface area contributed by atoms with Crippen LogP contribution in [0.1, 0.15) is 30.9 Å². The molecular weight excluding hydrogens is 186 g/mol. The van der Waals surface area contributed by atoms with Gasteiger partial charge in [0.1, 0.15) is 5.75 Å². The third-order valence-corrected chi connectivity index (χ3v) is 3.99. The molecule has 1 aliphatic heterocycles. The lowest BCUT2D eigenvalue weighted by Crippen LogP contribution is -2.06. The van der Waals surface area contributed by atoms with E-state index in [1.54, 1.807) is 0 Å². The van der Waals surface area contributed by atoms with E-state index in [9.17, 15) is 0 Å². The molecule has 2 aliphatic rings. The van der Waals surface area contributed by atoms with Crippen molar-refractivity contribution in [3.05, 3.63) is 29.3 Å². The Labute approximate surface area is 90.4 Å². The van der Waals surface area contributed by atoms with Crippen LogP contribution < -0.4 is 10.5 Å². The van der Waals surface area contributed by atoms with Crippen molar-refractivity contribution >= 4 is 0 Å². The summed E-state index contributed by atoms with van der Waals surface area (Å²) in [5.41, 5.74) is 9.02. The number of hydrogen-bond acceptors (Lipinski definition) is 2. The second kappa shape index (κ2) is 2.76. The van der Waals surface area contributed by atoms with E-state index >= 15 is 0 Å². The zero-order valence-corrected chi connectivity index (χ0v) is 9.29. The summed E-state index contributed by atoms with van der Waals surface area (Å²) in [6.07, 6.45) is 1.05. The molecule has 2 N–H and O–H groups in total. The number of rotatable bonds is 1. The molecule has 0 bridgehead atoms. The second-order valence-corrected chi connectivity index (χ2v) is 5.26. The van der Waals surface area contributed by atoms with Crippen LogP contribution in [0.5, 0.6) is 5.75 Å². The van der Waals surface area contributed by atoms with Gasteiger partial charge in [-0.3, -0.25) is 0 Å². The topological polar surface area (TPSA) is 35.2 Å². The Kier molecular flexibility index (Phi) is 1.70. The van der Waals surface area contributed by atoms with Crippen molar-refractivity contribution in [3.8, 4) is 5.75 Å². The molecule has 1 heterocycles. The van der Waals surface area contributed by atoms with E-state index in [0.29, 0.717) is 5.92 Å². The first kappa shape index (κ1) is 9.22. The first-order chi connectivity index (χ1) is 7.12. The summed E-state index contributed by atoms with van der Waals surface area (Å²) in [6.45, 7) is 5.29. The van der Waals surface area contributed by atoms with E-state index in [1.807, 2.05) is 0 Å². The van der Waals surface area contributed by atoms with Gasteiger partial charge >= 0.3 is 0 Å². The molecule has 0 radical (unpaired) electrons. The zero-order chi connectivity index (χ0) is 10.6. The van der Waals surface area contributed by atoms with Crippen molar-refractivity contribution in [2.24, 2.45) is 11.1 Å². The van der Waals surface area contributed by atoms with Gasteiger partial charge in [0, 0.05) is 18.4 Å². The van der Waals surface area contributed by atoms with Gasteiger partial charge in [0.25, 0.3) is 0 Å². The molecule has 2 atom stereocenters. The molecule has 2 nitrogen and oxygen atoms in total. The summed E-state index contributed by atoms with van der Waals surface area (Å²) in [4.78, 5) is 0. The summed E-state index contributed by atoms with van der Waals surface area (Å²) in [5, 5.41) is 0. The Morgan fingerprint density at radius 2 is 2.13 bits per heavy atom. The maximum Gasteiger partial charge on any atom is 0.126 e. The van der Waals surface area contributed by atoms with Gasteiger partial charge in [0.05, 0.1) is 6.61 Å². The van der Waals surface area contributed by atoms with Gasteiger partial charge in [-0.1, -0.05) is 32.0 Å². The van der Waals surface area contributed by atoms with Crippen LogP contribution in [-0.2, 0) is 6.42 Å². The van der Waals surface area contributed by atoms with Gasteiger partial charge in [0.2, 0.25) is 0 Å². The molecule has 15 heavy (non-hydrogen) atoms. The van der Waals surface area contributed by atoms with Crippen LogP contribution in [0.3, 0.4) is 0 Å². The number of fused-ring (bicyclic) bond motifs is 1. The number of para-hydroxylation sites is 1. The quantitative estimate of drug-likeness (QED) is 0.758. The molecule has 1 aromatic carbocycles. The van der Waals surface area contributed by atoms with E-state index in [-0.39, 0.29) is 11.5 Å². The minimum absolute atomic E-state index is 0.237. The number of nitrogens with two attached hydrogens (primary N) is 1. The fraction of sp³-hybridized carbons (Fsp3) is 0.538. The summed E-state index contributed by atoms with van der Waals surface area (Å²) in [6, 6.07) is 6.74. The van der Waals surface area contributed by atoms with Gasteiger partial charge in [-0.2, -0.15) is 0 Å². The predicted octanol–water partition coefficient (Wildman–Crippen LogP) is 2.07. The number of ether oxygens (including phenoxy) is 1. The minimum atomic E-state index is 0.237. The van der Waals surface area contributed by atoms with Crippen LogP contribution in [0.4, 0.5) is 0 Å². The lowest BCUT2D eigenvalue weighted by Gasteiger charge is -2.08. The summed E-state index contributed by atoms with van der Waals surface area (Å²) in [7, 11) is 0. The van der Waals surface area contributed by atoms with Crippen molar-refractivity contribution in [2.75, 3.05) is 6.61 Å². The van der Waals surface area contributed by atoms with Crippen molar-refractivity contribution in [1.29, 1.82) is 0 Å². The molecule has 1 saturated carbocycles. The Balaban J connectivity index is 2.04. The molecule has 2 heteroatoms. The fourth-order valence-corrected chi connectivity index (χ4v) is 2.76. The smallest absolute Gasteiger partial charge is 0.126 e. The lowest BCUT2D eigenvalue weighted by molar-refractivity contribution is 0.352. The van der Waals surface area contributed by atoms with E-state index in [0.717, 1.165) is 18.8 Å². The highest BCUT2D eigenvalue weighted by atomic mass is 16.5. The molecule has 0 amide bonds. The lowest BCUT2D eigenvalue weighted by atomic mass is 9.99. The van der Waals surface area contributed by atoms with Gasteiger partial charge in [0.15, 0.2) is 0 Å². The highest BCUT2D eigenvalue weighted by Gasteiger charge is 2.57. The van der Waals surface area contributed by atoms with Gasteiger partial charge in [-0.05, 0) is 16.5 Å². The Hall–Kier alpha value is -1.02. The fourth-order valence-electron chi connectivity index (χ4n) is 2.76. The third kappa shape index (κ3) is 1.14. The van der Waals surface area contributed by atoms with Crippen LogP contribution in [0.25, 0.3) is 0 Å². The van der Waals surface area contributed by atoms with E-state index in [4.69, 9.17) is 10.5 Å². The molecule has 80 valence electrons. The molecule has 1 aromatic rings. The normalized spacial score (nSPS) is 30.9. The SMILES string of the molecule is CC1(C)[C@H](N)[C@H]1c1cccc2c1OCC2. The molecule has 3 rings (SSSR count). The zero-order valence-electron chi connectivity index (χ0n) is 9.29. The van der Waals surface area contributed by atoms with Crippen molar-refractivity contribution in [3.63, 3.8) is 0 Å². The van der Waals surface area contributed by atoms with Crippen molar-refractivity contribution in [1.82, 2.24) is 0 Å². The molecule has 0 saturated heterocycles. The standard InChI is InChI=1S/C13H17NO/c1-13(2)10(12(13)14)9-5-3-4-8-6-7-15-11(8)9/h3-5,10,12H,6-7,14H2,1-2H3/t10-,12-/m1/s1. The second-order valence-electron chi connectivity index (χ2n) is 5.26. The first-order valence-electron chi connectivity index (χ1n) is 5.62. The third-order valence-electron chi connectivity index (χ3n) is 3.99. The highest BCUT2D eigenvalue weighted by molar-refractivity contribution is 5.50. The van der Waals surface area contributed by atoms with Crippen LogP contribution >= 0.6 is 0 Å². The monoisotopic (exact) mass is 203 g/mol. The van der Waals surface area contributed by atoms with Crippen LogP contribution in [0.2, 0.25) is 0 Å². The summed E-state index contributed by atoms with van der Waals surface area (Å²) < 4.78 is 5.72. The van der Waals surface area contributed by atoms with Crippen LogP contribution in [-0.4, -0.2) is 12.6 Å². The van der Waals surface area contributed by atoms with E-state index in [2.05, 4.69) is 32.0 Å². The van der Waals surface area contributed by atoms with Gasteiger partial charge in [-0.25, -0.2) is 0 Å². The first-order valence-corrected chi connectivity index (χ1v) is 5.62. The van der Waals surface area contributed by atoms with Gasteiger partial charge < -0.3 is 10.5 Å². The summed E-state index contributed by atoms with van der Waals surface area (Å²) in [5.74, 6) is 1.59. The minimum Gasteiger partial charge on any atom is -0.493 e. The Morgan fingerprint density at radius 1 is 1.40 bits per heavy atom. The Morgan fingerprint density at radius 3 is 2.80 bits per heavy atom. The van der Waals surface area contributed by atoms with Gasteiger partial charge in [-0.15, -0.1) is 0 Å². The average molecular weight is 203 g/mol. The molecule has 1 aliphatic carbocycles. The molecule has 1 fully saturated rings. The summed E-state index contributed by atoms with van der Waals surface area (Å²) >= 11 is 0. The number of hydrogen-bond donors (Lipinski definition) is 1. The maximum atomic E-state index is 6.11. The maximum absolute atomic E-state index is 6.11. The van der Waals surface area contributed by atoms with E-state index in [1.165, 1.54) is 11.1 Å².